The molecule has 3 rings (SSSR count). The van der Waals surface area contributed by atoms with Gasteiger partial charge >= 0.3 is 6.29 Å². The molecule has 0 amide bonds. The lowest BCUT2D eigenvalue weighted by atomic mass is 10.0. The van der Waals surface area contributed by atoms with Crippen LogP contribution in [-0.2, 0) is 0 Å². The van der Waals surface area contributed by atoms with Crippen LogP contribution in [0.1, 0.15) is 30.9 Å². The third-order valence-electron chi connectivity index (χ3n) is 3.14. The van der Waals surface area contributed by atoms with Crippen molar-refractivity contribution in [3.8, 4) is 11.5 Å². The Labute approximate surface area is 97.5 Å². The zero-order valence-electron chi connectivity index (χ0n) is 9.16. The summed E-state index contributed by atoms with van der Waals surface area (Å²) in [5.74, 6) is 0.827. The van der Waals surface area contributed by atoms with Gasteiger partial charge in [-0.05, 0) is 30.0 Å². The van der Waals surface area contributed by atoms with Crippen LogP contribution in [0, 0.1) is 5.92 Å². The normalized spacial score (nSPS) is 22.5. The molecule has 0 spiro atoms. The molecule has 1 aliphatic carbocycles. The zero-order valence-corrected chi connectivity index (χ0v) is 9.16. The minimum atomic E-state index is -3.55. The number of halogens is 2. The molecule has 0 unspecified atom stereocenters. The van der Waals surface area contributed by atoms with E-state index >= 15 is 0 Å². The fraction of sp³-hybridized carbons (Fsp3) is 0.500. The van der Waals surface area contributed by atoms with E-state index in [1.807, 2.05) is 0 Å². The van der Waals surface area contributed by atoms with E-state index in [1.54, 1.807) is 12.1 Å². The SMILES string of the molecule is N[C@@H](CC1CC1)c1ccc2c(c1)OC(F)(F)O2. The Bertz CT molecular complexity index is 446. The highest BCUT2D eigenvalue weighted by Gasteiger charge is 2.43. The van der Waals surface area contributed by atoms with Gasteiger partial charge in [0.1, 0.15) is 0 Å². The third-order valence-corrected chi connectivity index (χ3v) is 3.14. The highest BCUT2D eigenvalue weighted by Crippen LogP contribution is 2.43. The number of ether oxygens (including phenoxy) is 2. The Morgan fingerprint density at radius 3 is 2.71 bits per heavy atom. The van der Waals surface area contributed by atoms with E-state index in [-0.39, 0.29) is 17.5 Å². The van der Waals surface area contributed by atoms with Crippen LogP contribution in [0.2, 0.25) is 0 Å². The summed E-state index contributed by atoms with van der Waals surface area (Å²) >= 11 is 0. The van der Waals surface area contributed by atoms with Crippen LogP contribution in [0.3, 0.4) is 0 Å². The Balaban J connectivity index is 1.79. The molecule has 2 N–H and O–H groups in total. The predicted molar refractivity (Wildman–Crippen MR) is 56.9 cm³/mol. The molecule has 1 saturated carbocycles. The molecular formula is C12H13F2NO2. The number of fused-ring (bicyclic) bond motifs is 1. The average Bonchev–Trinajstić information content (AvgIpc) is 2.97. The molecule has 0 saturated heterocycles. The van der Waals surface area contributed by atoms with Gasteiger partial charge in [0.05, 0.1) is 0 Å². The van der Waals surface area contributed by atoms with Crippen molar-refractivity contribution >= 4 is 0 Å². The maximum atomic E-state index is 12.8. The third kappa shape index (κ3) is 2.20. The van der Waals surface area contributed by atoms with E-state index in [0.29, 0.717) is 5.92 Å². The van der Waals surface area contributed by atoms with Crippen molar-refractivity contribution in [3.05, 3.63) is 23.8 Å². The van der Waals surface area contributed by atoms with Gasteiger partial charge in [0.2, 0.25) is 0 Å². The van der Waals surface area contributed by atoms with Gasteiger partial charge in [-0.15, -0.1) is 8.78 Å². The van der Waals surface area contributed by atoms with Gasteiger partial charge in [-0.1, -0.05) is 18.9 Å². The van der Waals surface area contributed by atoms with Crippen molar-refractivity contribution in [1.82, 2.24) is 0 Å². The van der Waals surface area contributed by atoms with Gasteiger partial charge in [-0.2, -0.15) is 0 Å². The minimum absolute atomic E-state index is 0.0670. The second-order valence-electron chi connectivity index (χ2n) is 4.66. The predicted octanol–water partition coefficient (Wildman–Crippen LogP) is 2.81. The van der Waals surface area contributed by atoms with Crippen LogP contribution >= 0.6 is 0 Å². The van der Waals surface area contributed by atoms with E-state index < -0.39 is 6.29 Å². The Hall–Kier alpha value is -1.36. The number of nitrogens with two attached hydrogens (primary N) is 1. The smallest absolute Gasteiger partial charge is 0.395 e. The Morgan fingerprint density at radius 2 is 2.00 bits per heavy atom. The summed E-state index contributed by atoms with van der Waals surface area (Å²) in [4.78, 5) is 0. The molecule has 1 heterocycles. The summed E-state index contributed by atoms with van der Waals surface area (Å²) in [6.07, 6.45) is -0.218. The number of rotatable bonds is 3. The van der Waals surface area contributed by atoms with Crippen LogP contribution in [0.5, 0.6) is 11.5 Å². The molecule has 0 bridgehead atoms. The number of alkyl halides is 2. The Kier molecular flexibility index (Phi) is 2.26. The van der Waals surface area contributed by atoms with Gasteiger partial charge in [0, 0.05) is 6.04 Å². The number of hydrogen-bond acceptors (Lipinski definition) is 3. The first-order chi connectivity index (χ1) is 8.03. The quantitative estimate of drug-likeness (QED) is 0.885. The molecule has 17 heavy (non-hydrogen) atoms. The van der Waals surface area contributed by atoms with Gasteiger partial charge in [-0.3, -0.25) is 0 Å². The molecule has 2 aliphatic rings. The summed E-state index contributed by atoms with van der Waals surface area (Å²) in [7, 11) is 0. The van der Waals surface area contributed by atoms with E-state index in [1.165, 1.54) is 18.9 Å². The van der Waals surface area contributed by atoms with Crippen molar-refractivity contribution in [2.24, 2.45) is 11.7 Å². The fourth-order valence-electron chi connectivity index (χ4n) is 2.04. The van der Waals surface area contributed by atoms with Crippen molar-refractivity contribution in [1.29, 1.82) is 0 Å². The first-order valence-corrected chi connectivity index (χ1v) is 5.69. The lowest BCUT2D eigenvalue weighted by Gasteiger charge is -2.11. The van der Waals surface area contributed by atoms with Gasteiger partial charge in [-0.25, -0.2) is 0 Å². The first kappa shape index (κ1) is 10.8. The largest absolute Gasteiger partial charge is 0.586 e. The highest BCUT2D eigenvalue weighted by molar-refractivity contribution is 5.45. The van der Waals surface area contributed by atoms with E-state index in [0.717, 1.165) is 12.0 Å². The van der Waals surface area contributed by atoms with Crippen molar-refractivity contribution in [3.63, 3.8) is 0 Å². The molecule has 0 aromatic heterocycles. The van der Waals surface area contributed by atoms with E-state index in [2.05, 4.69) is 9.47 Å². The molecule has 1 fully saturated rings. The maximum absolute atomic E-state index is 12.8. The lowest BCUT2D eigenvalue weighted by molar-refractivity contribution is -0.286. The topological polar surface area (TPSA) is 44.5 Å². The summed E-state index contributed by atoms with van der Waals surface area (Å²) < 4.78 is 34.3. The van der Waals surface area contributed by atoms with Crippen molar-refractivity contribution < 1.29 is 18.3 Å². The molecule has 92 valence electrons. The van der Waals surface area contributed by atoms with Crippen LogP contribution in [0.4, 0.5) is 8.78 Å². The number of hydrogen-bond donors (Lipinski definition) is 1. The first-order valence-electron chi connectivity index (χ1n) is 5.69. The van der Waals surface area contributed by atoms with Gasteiger partial charge in [0.15, 0.2) is 11.5 Å². The second-order valence-corrected chi connectivity index (χ2v) is 4.66. The number of benzene rings is 1. The van der Waals surface area contributed by atoms with Crippen molar-refractivity contribution in [2.45, 2.75) is 31.6 Å². The molecule has 3 nitrogen and oxygen atoms in total. The minimum Gasteiger partial charge on any atom is -0.395 e. The van der Waals surface area contributed by atoms with Gasteiger partial charge < -0.3 is 15.2 Å². The van der Waals surface area contributed by atoms with E-state index in [4.69, 9.17) is 5.73 Å². The van der Waals surface area contributed by atoms with Crippen LogP contribution in [0.25, 0.3) is 0 Å². The summed E-state index contributed by atoms with van der Waals surface area (Å²) in [6.45, 7) is 0. The Morgan fingerprint density at radius 1 is 1.29 bits per heavy atom. The molecule has 1 aromatic carbocycles. The monoisotopic (exact) mass is 241 g/mol. The average molecular weight is 241 g/mol. The van der Waals surface area contributed by atoms with Crippen LogP contribution in [0.15, 0.2) is 18.2 Å². The van der Waals surface area contributed by atoms with Crippen LogP contribution < -0.4 is 15.2 Å². The van der Waals surface area contributed by atoms with Crippen LogP contribution in [-0.4, -0.2) is 6.29 Å². The highest BCUT2D eigenvalue weighted by atomic mass is 19.3. The molecule has 0 radical (unpaired) electrons. The zero-order chi connectivity index (χ0) is 12.0. The van der Waals surface area contributed by atoms with Gasteiger partial charge in [0.25, 0.3) is 0 Å². The van der Waals surface area contributed by atoms with E-state index in [9.17, 15) is 8.78 Å². The molecule has 1 aliphatic heterocycles. The summed E-state index contributed by atoms with van der Waals surface area (Å²) in [5, 5.41) is 0. The molecule has 1 aromatic rings. The summed E-state index contributed by atoms with van der Waals surface area (Å²) in [6, 6.07) is 4.63. The fourth-order valence-corrected chi connectivity index (χ4v) is 2.04. The molecule has 1 atom stereocenters. The van der Waals surface area contributed by atoms with Crippen molar-refractivity contribution in [2.75, 3.05) is 0 Å². The second kappa shape index (κ2) is 3.57. The standard InChI is InChI=1S/C12H13F2NO2/c13-12(14)16-10-4-3-8(6-11(10)17-12)9(15)5-7-1-2-7/h3-4,6-7,9H,1-2,5,15H2/t9-/m0/s1. The lowest BCUT2D eigenvalue weighted by Crippen LogP contribution is -2.25. The molecular weight excluding hydrogens is 228 g/mol. The maximum Gasteiger partial charge on any atom is 0.586 e. The summed E-state index contributed by atoms with van der Waals surface area (Å²) in [5.41, 5.74) is 6.83. The molecule has 5 heteroatoms.